The van der Waals surface area contributed by atoms with Crippen LogP contribution >= 0.6 is 27.5 Å². The highest BCUT2D eigenvalue weighted by atomic mass is 79.9. The molecule has 22 heavy (non-hydrogen) atoms. The van der Waals surface area contributed by atoms with Gasteiger partial charge in [-0.1, -0.05) is 39.7 Å². The van der Waals surface area contributed by atoms with Crippen molar-refractivity contribution in [3.8, 4) is 17.1 Å². The summed E-state index contributed by atoms with van der Waals surface area (Å²) in [5.41, 5.74) is 0.840. The Hall–Kier alpha value is -1.92. The van der Waals surface area contributed by atoms with E-state index in [4.69, 9.17) is 16.3 Å². The molecular weight excluding hydrogens is 368 g/mol. The van der Waals surface area contributed by atoms with Crippen molar-refractivity contribution in [2.45, 2.75) is 6.54 Å². The Bertz CT molecular complexity index is 760. The summed E-state index contributed by atoms with van der Waals surface area (Å²) in [5.74, 6) is 1.35. The van der Waals surface area contributed by atoms with E-state index in [1.807, 2.05) is 42.5 Å². The minimum absolute atomic E-state index is 0.465. The molecule has 3 rings (SSSR count). The van der Waals surface area contributed by atoms with Gasteiger partial charge in [-0.3, -0.25) is 0 Å². The Morgan fingerprint density at radius 1 is 1.14 bits per heavy atom. The predicted octanol–water partition coefficient (Wildman–Crippen LogP) is 3.84. The number of aromatic nitrogens is 4. The zero-order valence-electron chi connectivity index (χ0n) is 11.5. The van der Waals surface area contributed by atoms with Crippen molar-refractivity contribution in [3.63, 3.8) is 0 Å². The summed E-state index contributed by atoms with van der Waals surface area (Å²) in [6.45, 7) is 0.983. The van der Waals surface area contributed by atoms with Gasteiger partial charge in [-0.2, -0.15) is 4.80 Å². The predicted molar refractivity (Wildman–Crippen MR) is 87.9 cm³/mol. The Morgan fingerprint density at radius 3 is 2.73 bits per heavy atom. The number of nitrogens with zero attached hydrogens (tertiary/aromatic N) is 4. The smallest absolute Gasteiger partial charge is 0.204 e. The first kappa shape index (κ1) is 15.0. The zero-order valence-corrected chi connectivity index (χ0v) is 13.8. The van der Waals surface area contributed by atoms with Gasteiger partial charge >= 0.3 is 0 Å². The van der Waals surface area contributed by atoms with Crippen molar-refractivity contribution in [1.82, 2.24) is 20.2 Å². The van der Waals surface area contributed by atoms with E-state index in [-0.39, 0.29) is 0 Å². The molecule has 0 bridgehead atoms. The Kier molecular flexibility index (Phi) is 4.70. The third kappa shape index (κ3) is 3.84. The molecule has 0 radical (unpaired) electrons. The van der Waals surface area contributed by atoms with E-state index in [1.165, 1.54) is 4.80 Å². The van der Waals surface area contributed by atoms with E-state index in [2.05, 4.69) is 31.3 Å². The molecule has 2 aromatic carbocycles. The lowest BCUT2D eigenvalue weighted by atomic mass is 10.2. The van der Waals surface area contributed by atoms with Crippen molar-refractivity contribution < 1.29 is 4.74 Å². The van der Waals surface area contributed by atoms with Crippen molar-refractivity contribution in [3.05, 3.63) is 58.0 Å². The Balaban J connectivity index is 1.59. The van der Waals surface area contributed by atoms with Crippen LogP contribution in [0.4, 0.5) is 0 Å². The molecule has 5 nitrogen and oxygen atoms in total. The largest absolute Gasteiger partial charge is 0.492 e. The molecule has 1 heterocycles. The van der Waals surface area contributed by atoms with Crippen molar-refractivity contribution in [2.75, 3.05) is 6.61 Å². The van der Waals surface area contributed by atoms with E-state index in [1.54, 1.807) is 6.07 Å². The third-order valence-corrected chi connectivity index (χ3v) is 3.67. The summed E-state index contributed by atoms with van der Waals surface area (Å²) in [6.07, 6.45) is 0. The maximum atomic E-state index is 5.96. The normalized spacial score (nSPS) is 10.6. The topological polar surface area (TPSA) is 52.8 Å². The molecule has 112 valence electrons. The second kappa shape index (κ2) is 6.89. The van der Waals surface area contributed by atoms with Gasteiger partial charge in [0.2, 0.25) is 5.82 Å². The number of hydrogen-bond donors (Lipinski definition) is 0. The van der Waals surface area contributed by atoms with Crippen molar-refractivity contribution >= 4 is 27.5 Å². The van der Waals surface area contributed by atoms with Crippen LogP contribution in [0, 0.1) is 0 Å². The van der Waals surface area contributed by atoms with Crippen LogP contribution < -0.4 is 4.74 Å². The molecule has 1 aromatic heterocycles. The van der Waals surface area contributed by atoms with Gasteiger partial charge in [0.1, 0.15) is 12.4 Å². The highest BCUT2D eigenvalue weighted by Crippen LogP contribution is 2.18. The fourth-order valence-corrected chi connectivity index (χ4v) is 2.31. The van der Waals surface area contributed by atoms with E-state index in [9.17, 15) is 0 Å². The molecule has 0 fully saturated rings. The van der Waals surface area contributed by atoms with Crippen molar-refractivity contribution in [1.29, 1.82) is 0 Å². The summed E-state index contributed by atoms with van der Waals surface area (Å²) in [7, 11) is 0. The highest BCUT2D eigenvalue weighted by Gasteiger charge is 2.06. The van der Waals surface area contributed by atoms with Crippen LogP contribution in [-0.2, 0) is 6.54 Å². The van der Waals surface area contributed by atoms with Crippen LogP contribution in [0.3, 0.4) is 0 Å². The number of tetrazole rings is 1. The van der Waals surface area contributed by atoms with Crippen LogP contribution in [0.5, 0.6) is 5.75 Å². The van der Waals surface area contributed by atoms with Crippen LogP contribution in [0.15, 0.2) is 53.0 Å². The van der Waals surface area contributed by atoms with Crippen LogP contribution in [-0.4, -0.2) is 26.8 Å². The molecule has 0 unspecified atom stereocenters. The van der Waals surface area contributed by atoms with Gasteiger partial charge in [0.05, 0.1) is 6.54 Å². The number of ether oxygens (including phenoxy) is 1. The Morgan fingerprint density at radius 2 is 1.95 bits per heavy atom. The summed E-state index contributed by atoms with van der Waals surface area (Å²) in [4.78, 5) is 1.51. The summed E-state index contributed by atoms with van der Waals surface area (Å²) in [5, 5.41) is 13.0. The van der Waals surface area contributed by atoms with Gasteiger partial charge in [-0.15, -0.1) is 10.2 Å². The maximum absolute atomic E-state index is 5.96. The highest BCUT2D eigenvalue weighted by molar-refractivity contribution is 9.10. The fourth-order valence-electron chi connectivity index (χ4n) is 1.86. The van der Waals surface area contributed by atoms with Crippen LogP contribution in [0.1, 0.15) is 0 Å². The first-order chi connectivity index (χ1) is 10.7. The standard InChI is InChI=1S/C15H12BrClN4O/c16-12-4-6-14(7-5-12)22-9-8-21-19-15(18-20-21)11-2-1-3-13(17)10-11/h1-7,10H,8-9H2. The van der Waals surface area contributed by atoms with E-state index >= 15 is 0 Å². The Labute approximate surface area is 141 Å². The van der Waals surface area contributed by atoms with Crippen LogP contribution in [0.2, 0.25) is 5.02 Å². The zero-order chi connectivity index (χ0) is 15.4. The number of halogens is 2. The molecule has 0 saturated carbocycles. The van der Waals surface area contributed by atoms with Crippen molar-refractivity contribution in [2.24, 2.45) is 0 Å². The lowest BCUT2D eigenvalue weighted by Crippen LogP contribution is -2.11. The second-order valence-electron chi connectivity index (χ2n) is 4.52. The van der Waals surface area contributed by atoms with Gasteiger partial charge in [-0.25, -0.2) is 0 Å². The van der Waals surface area contributed by atoms with Gasteiger partial charge in [0, 0.05) is 15.1 Å². The van der Waals surface area contributed by atoms with E-state index in [0.29, 0.717) is 24.0 Å². The molecule has 0 aliphatic rings. The van der Waals surface area contributed by atoms with Gasteiger partial charge in [0.15, 0.2) is 0 Å². The average Bonchev–Trinajstić information content (AvgIpc) is 2.98. The molecule has 0 aliphatic heterocycles. The molecule has 0 amide bonds. The van der Waals surface area contributed by atoms with E-state index < -0.39 is 0 Å². The molecule has 3 aromatic rings. The average molecular weight is 380 g/mol. The molecule has 0 aliphatic carbocycles. The monoisotopic (exact) mass is 378 g/mol. The summed E-state index contributed by atoms with van der Waals surface area (Å²) in [6, 6.07) is 15.0. The lowest BCUT2D eigenvalue weighted by molar-refractivity contribution is 0.280. The van der Waals surface area contributed by atoms with Gasteiger partial charge < -0.3 is 4.74 Å². The minimum atomic E-state index is 0.465. The summed E-state index contributed by atoms with van der Waals surface area (Å²) < 4.78 is 6.65. The fraction of sp³-hybridized carbons (Fsp3) is 0.133. The quantitative estimate of drug-likeness (QED) is 0.676. The molecular formula is C15H12BrClN4O. The van der Waals surface area contributed by atoms with E-state index in [0.717, 1.165) is 15.8 Å². The lowest BCUT2D eigenvalue weighted by Gasteiger charge is -2.04. The molecule has 7 heteroatoms. The van der Waals surface area contributed by atoms with Gasteiger partial charge in [0.25, 0.3) is 0 Å². The minimum Gasteiger partial charge on any atom is -0.492 e. The summed E-state index contributed by atoms with van der Waals surface area (Å²) >= 11 is 9.34. The SMILES string of the molecule is Clc1cccc(-c2nnn(CCOc3ccc(Br)cc3)n2)c1. The first-order valence-electron chi connectivity index (χ1n) is 6.63. The first-order valence-corrected chi connectivity index (χ1v) is 7.80. The number of hydrogen-bond acceptors (Lipinski definition) is 4. The number of rotatable bonds is 5. The second-order valence-corrected chi connectivity index (χ2v) is 5.87. The third-order valence-electron chi connectivity index (χ3n) is 2.91. The molecule has 0 saturated heterocycles. The van der Waals surface area contributed by atoms with Gasteiger partial charge in [-0.05, 0) is 41.6 Å². The molecule has 0 spiro atoms. The molecule has 0 N–H and O–H groups in total. The van der Waals surface area contributed by atoms with Crippen LogP contribution in [0.25, 0.3) is 11.4 Å². The maximum Gasteiger partial charge on any atom is 0.204 e. The number of benzene rings is 2. The molecule has 0 atom stereocenters.